The van der Waals surface area contributed by atoms with Gasteiger partial charge < -0.3 is 25.4 Å². The molecule has 1 aliphatic carbocycles. The molecule has 0 unspecified atom stereocenters. The van der Waals surface area contributed by atoms with E-state index in [-0.39, 0.29) is 11.6 Å². The number of fused-ring (bicyclic) bond motifs is 1. The Hall–Kier alpha value is -3.89. The molecule has 1 aliphatic rings. The van der Waals surface area contributed by atoms with Crippen LogP contribution >= 0.6 is 0 Å². The fourth-order valence-corrected chi connectivity index (χ4v) is 4.39. The first kappa shape index (κ1) is 24.2. The minimum Gasteiger partial charge on any atom is -0.479 e. The summed E-state index contributed by atoms with van der Waals surface area (Å²) in [5.41, 5.74) is 10.3. The largest absolute Gasteiger partial charge is 0.479 e. The van der Waals surface area contributed by atoms with E-state index in [0.29, 0.717) is 30.4 Å². The lowest BCUT2D eigenvalue weighted by Crippen LogP contribution is -2.60. The molecule has 4 N–H and O–H groups in total. The van der Waals surface area contributed by atoms with Crippen LogP contribution in [0.1, 0.15) is 40.5 Å². The number of alkyl carbamates (subject to hydrolysis) is 1. The fraction of sp³-hybridized carbons (Fsp3) is 0.458. The third-order valence-electron chi connectivity index (χ3n) is 5.90. The first-order valence-electron chi connectivity index (χ1n) is 11.4. The number of amides is 1. The molecular formula is C24H32N8O3. The van der Waals surface area contributed by atoms with E-state index in [1.165, 1.54) is 0 Å². The number of benzene rings is 1. The number of nitrogens with zero attached hydrogens (tertiary/aromatic N) is 4. The number of rotatable bonds is 7. The normalized spacial score (nSPS) is 19.5. The van der Waals surface area contributed by atoms with Crippen LogP contribution < -0.4 is 20.7 Å². The summed E-state index contributed by atoms with van der Waals surface area (Å²) in [6, 6.07) is 7.68. The molecule has 2 aromatic heterocycles. The Morgan fingerprint density at radius 3 is 2.66 bits per heavy atom. The van der Waals surface area contributed by atoms with Crippen LogP contribution in [-0.2, 0) is 4.74 Å². The standard InChI is InChI=1S/C24H32N8O3/c1-23(2,3)35-22(33)29-24(4)12-15(13-24)27-21-28-20(34-6)19-16(9-10-32(19)31-21)14-7-8-17(30-25)18(11-14)26-5/h7-11,15,25-26H,12-13H2,1-6H3,(H,27,31)(H,29,33). The van der Waals surface area contributed by atoms with Crippen molar-refractivity contribution in [3.8, 4) is 17.0 Å². The molecule has 1 aromatic carbocycles. The van der Waals surface area contributed by atoms with E-state index in [0.717, 1.165) is 22.3 Å². The second-order valence-electron chi connectivity index (χ2n) is 10.00. The topological polar surface area (TPSA) is 138 Å². The fourth-order valence-electron chi connectivity index (χ4n) is 4.39. The molecule has 3 aromatic rings. The molecule has 0 atom stereocenters. The van der Waals surface area contributed by atoms with Crippen molar-refractivity contribution >= 4 is 28.9 Å². The van der Waals surface area contributed by atoms with Gasteiger partial charge in [-0.15, -0.1) is 5.10 Å². The molecule has 0 saturated heterocycles. The minimum absolute atomic E-state index is 0.103. The van der Waals surface area contributed by atoms with Gasteiger partial charge >= 0.3 is 6.09 Å². The molecule has 0 spiro atoms. The van der Waals surface area contributed by atoms with Gasteiger partial charge in [0, 0.05) is 30.4 Å². The van der Waals surface area contributed by atoms with E-state index in [1.54, 1.807) is 24.7 Å². The van der Waals surface area contributed by atoms with E-state index in [2.05, 4.69) is 31.1 Å². The minimum atomic E-state index is -0.537. The highest BCUT2D eigenvalue weighted by Crippen LogP contribution is 2.37. The van der Waals surface area contributed by atoms with Gasteiger partial charge in [-0.05, 0) is 64.3 Å². The van der Waals surface area contributed by atoms with E-state index in [9.17, 15) is 4.79 Å². The van der Waals surface area contributed by atoms with Crippen LogP contribution in [0.3, 0.4) is 0 Å². The van der Waals surface area contributed by atoms with Gasteiger partial charge in [-0.2, -0.15) is 10.1 Å². The molecule has 35 heavy (non-hydrogen) atoms. The summed E-state index contributed by atoms with van der Waals surface area (Å²) >= 11 is 0. The van der Waals surface area contributed by atoms with Gasteiger partial charge in [-0.1, -0.05) is 6.07 Å². The molecule has 4 rings (SSSR count). The van der Waals surface area contributed by atoms with Crippen molar-refractivity contribution in [2.24, 2.45) is 5.11 Å². The number of aromatic nitrogens is 3. The second kappa shape index (κ2) is 9.05. The predicted molar refractivity (Wildman–Crippen MR) is 134 cm³/mol. The highest BCUT2D eigenvalue weighted by molar-refractivity contribution is 5.87. The van der Waals surface area contributed by atoms with Gasteiger partial charge in [0.25, 0.3) is 0 Å². The molecule has 2 heterocycles. The smallest absolute Gasteiger partial charge is 0.408 e. The van der Waals surface area contributed by atoms with E-state index >= 15 is 0 Å². The summed E-state index contributed by atoms with van der Waals surface area (Å²) in [5, 5.41) is 17.5. The van der Waals surface area contributed by atoms with Crippen molar-refractivity contribution in [3.05, 3.63) is 30.5 Å². The number of carbonyl (C=O) groups excluding carboxylic acids is 1. The first-order chi connectivity index (χ1) is 16.5. The molecule has 0 aliphatic heterocycles. The quantitative estimate of drug-likeness (QED) is 0.350. The van der Waals surface area contributed by atoms with E-state index in [1.807, 2.05) is 52.1 Å². The Morgan fingerprint density at radius 1 is 1.29 bits per heavy atom. The van der Waals surface area contributed by atoms with Gasteiger partial charge in [-0.3, -0.25) is 0 Å². The average Bonchev–Trinajstić information content (AvgIpc) is 3.19. The van der Waals surface area contributed by atoms with Gasteiger partial charge in [-0.25, -0.2) is 14.8 Å². The third-order valence-corrected chi connectivity index (χ3v) is 5.90. The number of hydrogen-bond acceptors (Lipinski definition) is 9. The zero-order chi connectivity index (χ0) is 25.4. The lowest BCUT2D eigenvalue weighted by atomic mass is 9.74. The van der Waals surface area contributed by atoms with Crippen LogP contribution in [0.2, 0.25) is 0 Å². The van der Waals surface area contributed by atoms with Gasteiger partial charge in [0.2, 0.25) is 11.8 Å². The summed E-state index contributed by atoms with van der Waals surface area (Å²) in [7, 11) is 3.37. The molecule has 0 radical (unpaired) electrons. The Morgan fingerprint density at radius 2 is 2.03 bits per heavy atom. The zero-order valence-electron chi connectivity index (χ0n) is 20.9. The van der Waals surface area contributed by atoms with Crippen molar-refractivity contribution < 1.29 is 14.3 Å². The maximum absolute atomic E-state index is 12.1. The summed E-state index contributed by atoms with van der Waals surface area (Å²) in [4.78, 5) is 16.7. The molecule has 1 amide bonds. The monoisotopic (exact) mass is 480 g/mol. The molecule has 1 saturated carbocycles. The molecule has 11 heteroatoms. The summed E-state index contributed by atoms with van der Waals surface area (Å²) in [5.74, 6) is 0.886. The maximum Gasteiger partial charge on any atom is 0.408 e. The van der Waals surface area contributed by atoms with Crippen LogP contribution in [0.15, 0.2) is 35.6 Å². The first-order valence-corrected chi connectivity index (χ1v) is 11.4. The van der Waals surface area contributed by atoms with Crippen molar-refractivity contribution in [3.63, 3.8) is 0 Å². The van der Waals surface area contributed by atoms with Gasteiger partial charge in [0.05, 0.1) is 12.8 Å². The van der Waals surface area contributed by atoms with Crippen molar-refractivity contribution in [2.45, 2.75) is 57.7 Å². The zero-order valence-corrected chi connectivity index (χ0v) is 20.9. The van der Waals surface area contributed by atoms with Crippen LogP contribution in [-0.4, -0.2) is 52.0 Å². The van der Waals surface area contributed by atoms with Crippen LogP contribution in [0, 0.1) is 5.53 Å². The molecule has 1 fully saturated rings. The molecule has 186 valence electrons. The lowest BCUT2D eigenvalue weighted by Gasteiger charge is -2.45. The Kier molecular flexibility index (Phi) is 6.27. The van der Waals surface area contributed by atoms with Crippen LogP contribution in [0.4, 0.5) is 22.1 Å². The highest BCUT2D eigenvalue weighted by atomic mass is 16.6. The third kappa shape index (κ3) is 5.13. The number of anilines is 2. The lowest BCUT2D eigenvalue weighted by molar-refractivity contribution is 0.0393. The second-order valence-corrected chi connectivity index (χ2v) is 10.00. The maximum atomic E-state index is 12.1. The molecular weight excluding hydrogens is 448 g/mol. The number of nitrogens with one attached hydrogen (secondary N) is 4. The SMILES string of the molecule is CNc1cc(-c2ccn3nc(NC4CC(C)(NC(=O)OC(C)(C)C)C4)nc(OC)c23)ccc1N=N. The Bertz CT molecular complexity index is 1260. The van der Waals surface area contributed by atoms with E-state index in [4.69, 9.17) is 15.0 Å². The van der Waals surface area contributed by atoms with Crippen LogP contribution in [0.5, 0.6) is 5.88 Å². The Labute approximate surface area is 204 Å². The number of methoxy groups -OCH3 is 1. The van der Waals surface area contributed by atoms with Gasteiger partial charge in [0.15, 0.2) is 0 Å². The van der Waals surface area contributed by atoms with E-state index < -0.39 is 11.7 Å². The number of hydrogen-bond donors (Lipinski definition) is 4. The molecule has 0 bridgehead atoms. The molecule has 11 nitrogen and oxygen atoms in total. The number of ether oxygens (including phenoxy) is 2. The highest BCUT2D eigenvalue weighted by Gasteiger charge is 2.42. The van der Waals surface area contributed by atoms with Crippen LogP contribution in [0.25, 0.3) is 16.6 Å². The summed E-state index contributed by atoms with van der Waals surface area (Å²) < 4.78 is 12.7. The Balaban J connectivity index is 1.51. The summed E-state index contributed by atoms with van der Waals surface area (Å²) in [6.07, 6.45) is 2.88. The van der Waals surface area contributed by atoms with Gasteiger partial charge in [0.1, 0.15) is 16.8 Å². The van der Waals surface area contributed by atoms with Crippen molar-refractivity contribution in [2.75, 3.05) is 24.8 Å². The number of carbonyl (C=O) groups is 1. The van der Waals surface area contributed by atoms with Crippen molar-refractivity contribution in [1.29, 1.82) is 5.53 Å². The summed E-state index contributed by atoms with van der Waals surface area (Å²) in [6.45, 7) is 7.53. The van der Waals surface area contributed by atoms with Crippen molar-refractivity contribution in [1.82, 2.24) is 19.9 Å². The predicted octanol–water partition coefficient (Wildman–Crippen LogP) is 4.97. The average molecular weight is 481 g/mol.